The first-order chi connectivity index (χ1) is 10.1. The zero-order valence-electron chi connectivity index (χ0n) is 13.7. The number of ether oxygens (including phenoxy) is 4. The Labute approximate surface area is 139 Å². The van der Waals surface area contributed by atoms with Crippen molar-refractivity contribution in [1.29, 1.82) is 0 Å². The summed E-state index contributed by atoms with van der Waals surface area (Å²) in [5.41, 5.74) is 0. The molecule has 0 aromatic rings. The molecule has 0 radical (unpaired) electrons. The van der Waals surface area contributed by atoms with Crippen molar-refractivity contribution in [3.63, 3.8) is 0 Å². The normalized spacial score (nSPS) is 16.1. The van der Waals surface area contributed by atoms with Gasteiger partial charge in [0.05, 0.1) is 25.3 Å². The molecule has 0 aliphatic heterocycles. The summed E-state index contributed by atoms with van der Waals surface area (Å²) in [5, 5.41) is 0. The van der Waals surface area contributed by atoms with Crippen molar-refractivity contribution >= 4 is 24.7 Å². The van der Waals surface area contributed by atoms with Gasteiger partial charge in [0.1, 0.15) is 18.3 Å². The Balaban J connectivity index is 4.66. The van der Waals surface area contributed by atoms with Gasteiger partial charge in [0, 0.05) is 20.0 Å². The number of hydrogen-bond donors (Lipinski definition) is 1. The van der Waals surface area contributed by atoms with Gasteiger partial charge in [-0.25, -0.2) is 0 Å². The summed E-state index contributed by atoms with van der Waals surface area (Å²) in [5.74, 6) is 1.27. The zero-order chi connectivity index (χ0) is 16.1. The molecule has 21 heavy (non-hydrogen) atoms. The van der Waals surface area contributed by atoms with E-state index in [4.69, 9.17) is 23.1 Å². The van der Waals surface area contributed by atoms with Crippen LogP contribution in [0.15, 0.2) is 0 Å². The van der Waals surface area contributed by atoms with Gasteiger partial charge in [0.25, 0.3) is 0 Å². The van der Waals surface area contributed by atoms with Crippen molar-refractivity contribution in [3.8, 4) is 0 Å². The number of thiol groups is 1. The predicted molar refractivity (Wildman–Crippen MR) is 90.1 cm³/mol. The van der Waals surface area contributed by atoms with Crippen LogP contribution in [0.25, 0.3) is 0 Å². The first-order valence-corrected chi connectivity index (χ1v) is 8.79. The van der Waals surface area contributed by atoms with E-state index in [1.165, 1.54) is 12.0 Å². The summed E-state index contributed by atoms with van der Waals surface area (Å²) in [4.78, 5) is 0. The van der Waals surface area contributed by atoms with Crippen LogP contribution in [-0.2, 0) is 23.1 Å². The van der Waals surface area contributed by atoms with Crippen LogP contribution in [0.3, 0.4) is 0 Å². The van der Waals surface area contributed by atoms with Crippen LogP contribution >= 0.6 is 24.7 Å². The summed E-state index contributed by atoms with van der Waals surface area (Å²) in [7, 11) is 3.28. The molecule has 0 rings (SSSR count). The Morgan fingerprint density at radius 2 is 1.76 bits per heavy atom. The van der Waals surface area contributed by atoms with Gasteiger partial charge in [-0.3, -0.25) is 0 Å². The van der Waals surface area contributed by atoms with E-state index < -0.39 is 0 Å². The first kappa shape index (κ1) is 21.5. The second-order valence-electron chi connectivity index (χ2n) is 4.81. The van der Waals surface area contributed by atoms with E-state index in [2.05, 4.69) is 19.6 Å². The Bertz CT molecular complexity index is 231. The maximum Gasteiger partial charge on any atom is 0.124 e. The largest absolute Gasteiger partial charge is 0.376 e. The van der Waals surface area contributed by atoms with E-state index >= 15 is 0 Å². The molecule has 0 aromatic heterocycles. The summed E-state index contributed by atoms with van der Waals surface area (Å²) in [6, 6.07) is 0. The predicted octanol–water partition coefficient (Wildman–Crippen LogP) is 2.79. The minimum Gasteiger partial charge on any atom is -0.376 e. The summed E-state index contributed by atoms with van der Waals surface area (Å²) in [6.07, 6.45) is 0.473. The lowest BCUT2D eigenvalue weighted by molar-refractivity contribution is -0.124. The maximum atomic E-state index is 5.86. The fraction of sp³-hybridized carbons (Fsp3) is 1.00. The van der Waals surface area contributed by atoms with Crippen LogP contribution in [0.5, 0.6) is 0 Å². The van der Waals surface area contributed by atoms with E-state index in [-0.39, 0.29) is 24.4 Å². The fourth-order valence-corrected chi connectivity index (χ4v) is 2.40. The Kier molecular flexibility index (Phi) is 14.5. The van der Waals surface area contributed by atoms with E-state index in [0.717, 1.165) is 12.2 Å². The lowest BCUT2D eigenvalue weighted by Gasteiger charge is -2.31. The lowest BCUT2D eigenvalue weighted by Crippen LogP contribution is -2.45. The molecule has 3 unspecified atom stereocenters. The summed E-state index contributed by atoms with van der Waals surface area (Å²) >= 11 is 5.48. The highest BCUT2D eigenvalue weighted by Gasteiger charge is 2.32. The number of methoxy groups -OCH3 is 2. The molecule has 0 saturated heterocycles. The quantitative estimate of drug-likeness (QED) is 0.227. The van der Waals surface area contributed by atoms with E-state index in [1.807, 2.05) is 13.8 Å². The molecular formula is C14H30O5S2. The number of hydrogen-bond acceptors (Lipinski definition) is 7. The Morgan fingerprint density at radius 3 is 2.24 bits per heavy atom. The van der Waals surface area contributed by atoms with Crippen molar-refractivity contribution in [3.05, 3.63) is 0 Å². The van der Waals surface area contributed by atoms with Crippen LogP contribution in [0, 0.1) is 0 Å². The first-order valence-electron chi connectivity index (χ1n) is 7.24. The maximum absolute atomic E-state index is 5.86. The smallest absolute Gasteiger partial charge is 0.124 e. The average molecular weight is 343 g/mol. The molecule has 3 atom stereocenters. The van der Waals surface area contributed by atoms with Crippen LogP contribution in [0.1, 0.15) is 27.2 Å². The van der Waals surface area contributed by atoms with Gasteiger partial charge in [-0.05, 0) is 32.3 Å². The average Bonchev–Trinajstić information content (AvgIpc) is 2.47. The van der Waals surface area contributed by atoms with E-state index in [9.17, 15) is 0 Å². The van der Waals surface area contributed by atoms with Crippen LogP contribution in [0.4, 0.5) is 0 Å². The van der Waals surface area contributed by atoms with Crippen LogP contribution < -0.4 is 0 Å². The Morgan fingerprint density at radius 1 is 1.05 bits per heavy atom. The molecule has 0 spiro atoms. The highest BCUT2D eigenvalue weighted by Crippen LogP contribution is 2.19. The molecule has 0 N–H and O–H groups in total. The number of rotatable bonds is 14. The fourth-order valence-electron chi connectivity index (χ4n) is 1.69. The molecule has 0 fully saturated rings. The highest BCUT2D eigenvalue weighted by molar-refractivity contribution is 7.94. The molecule has 0 aromatic carbocycles. The lowest BCUT2D eigenvalue weighted by atomic mass is 10.1. The van der Waals surface area contributed by atoms with Gasteiger partial charge in [-0.1, -0.05) is 6.92 Å². The highest BCUT2D eigenvalue weighted by atomic mass is 32.2. The third-order valence-electron chi connectivity index (χ3n) is 2.75. The summed E-state index contributed by atoms with van der Waals surface area (Å²) < 4.78 is 27.9. The standard InChI is InChI=1S/C14H30O5S2/c1-6-7-21-19-13(9-18-11(2)3)14(16-5)12(15-4)8-17-10-20/h11-14,20H,6-10H2,1-5H3. The van der Waals surface area contributed by atoms with Crippen molar-refractivity contribution in [1.82, 2.24) is 0 Å². The summed E-state index contributed by atoms with van der Waals surface area (Å²) in [6.45, 7) is 6.96. The molecule has 128 valence electrons. The van der Waals surface area contributed by atoms with Crippen LogP contribution in [-0.4, -0.2) is 63.5 Å². The molecule has 0 saturated carbocycles. The Hall–Kier alpha value is 0.500. The van der Waals surface area contributed by atoms with Crippen molar-refractivity contribution < 1.29 is 23.1 Å². The van der Waals surface area contributed by atoms with E-state index in [0.29, 0.717) is 19.2 Å². The molecule has 0 amide bonds. The molecule has 0 bridgehead atoms. The van der Waals surface area contributed by atoms with Crippen molar-refractivity contribution in [2.45, 2.75) is 51.6 Å². The molecular weight excluding hydrogens is 312 g/mol. The van der Waals surface area contributed by atoms with E-state index in [1.54, 1.807) is 14.2 Å². The topological polar surface area (TPSA) is 46.2 Å². The second-order valence-corrected chi connectivity index (χ2v) is 5.91. The second kappa shape index (κ2) is 14.1. The zero-order valence-corrected chi connectivity index (χ0v) is 15.5. The van der Waals surface area contributed by atoms with Gasteiger partial charge in [0.15, 0.2) is 0 Å². The van der Waals surface area contributed by atoms with Crippen LogP contribution in [0.2, 0.25) is 0 Å². The van der Waals surface area contributed by atoms with Crippen molar-refractivity contribution in [2.75, 3.05) is 39.1 Å². The van der Waals surface area contributed by atoms with Gasteiger partial charge >= 0.3 is 0 Å². The van der Waals surface area contributed by atoms with Crippen molar-refractivity contribution in [2.24, 2.45) is 0 Å². The molecule has 7 heteroatoms. The van der Waals surface area contributed by atoms with Gasteiger partial charge in [-0.15, -0.1) is 0 Å². The third-order valence-corrected chi connectivity index (χ3v) is 3.89. The molecule has 0 aliphatic carbocycles. The monoisotopic (exact) mass is 342 g/mol. The van der Waals surface area contributed by atoms with Gasteiger partial charge < -0.3 is 23.1 Å². The molecule has 0 aliphatic rings. The third kappa shape index (κ3) is 9.99. The van der Waals surface area contributed by atoms with Gasteiger partial charge in [0.2, 0.25) is 0 Å². The molecule has 5 nitrogen and oxygen atoms in total. The SMILES string of the molecule is CCCSOC(COC(C)C)C(OC)C(COCS)OC. The minimum absolute atomic E-state index is 0.138. The molecule has 0 heterocycles. The van der Waals surface area contributed by atoms with Gasteiger partial charge in [-0.2, -0.15) is 12.6 Å². The minimum atomic E-state index is -0.266.